The maximum atomic E-state index is 12.2. The number of aromatic nitrogens is 1. The summed E-state index contributed by atoms with van der Waals surface area (Å²) in [6, 6.07) is 9.66. The van der Waals surface area contributed by atoms with E-state index in [-0.39, 0.29) is 10.6 Å². The van der Waals surface area contributed by atoms with Gasteiger partial charge in [-0.25, -0.2) is 13.4 Å². The summed E-state index contributed by atoms with van der Waals surface area (Å²) in [5, 5.41) is 8.64. The molecule has 0 saturated carbocycles. The van der Waals surface area contributed by atoms with Gasteiger partial charge in [0.1, 0.15) is 16.7 Å². The highest BCUT2D eigenvalue weighted by Gasteiger charge is 2.16. The predicted molar refractivity (Wildman–Crippen MR) is 81.6 cm³/mol. The fourth-order valence-electron chi connectivity index (χ4n) is 1.38. The minimum absolute atomic E-state index is 0.0108. The van der Waals surface area contributed by atoms with Crippen LogP contribution < -0.4 is 4.72 Å². The van der Waals surface area contributed by atoms with E-state index in [1.54, 1.807) is 18.2 Å². The molecular weight excluding hydrogens is 410 g/mol. The molecule has 102 valence electrons. The number of hydrogen-bond acceptors (Lipinski definition) is 4. The number of rotatable bonds is 3. The summed E-state index contributed by atoms with van der Waals surface area (Å²) >= 11 is 6.55. The average Bonchev–Trinajstić information content (AvgIpc) is 2.43. The Morgan fingerprint density at radius 3 is 2.55 bits per heavy atom. The first-order valence-electron chi connectivity index (χ1n) is 5.26. The molecule has 1 heterocycles. The van der Waals surface area contributed by atoms with Crippen molar-refractivity contribution in [2.45, 2.75) is 4.90 Å². The van der Waals surface area contributed by atoms with Crippen molar-refractivity contribution in [2.75, 3.05) is 4.72 Å². The highest BCUT2D eigenvalue weighted by Crippen LogP contribution is 2.28. The Morgan fingerprint density at radius 1 is 1.20 bits per heavy atom. The molecule has 2 rings (SSSR count). The monoisotopic (exact) mass is 415 g/mol. The maximum absolute atomic E-state index is 12.2. The number of nitrogens with zero attached hydrogens (tertiary/aromatic N) is 2. The molecule has 1 aromatic carbocycles. The smallest absolute Gasteiger partial charge is 0.263 e. The van der Waals surface area contributed by atoms with E-state index < -0.39 is 10.0 Å². The van der Waals surface area contributed by atoms with E-state index in [2.05, 4.69) is 41.6 Å². The van der Waals surface area contributed by atoms with Crippen molar-refractivity contribution in [3.63, 3.8) is 0 Å². The van der Waals surface area contributed by atoms with E-state index in [0.29, 0.717) is 10.2 Å². The maximum Gasteiger partial charge on any atom is 0.263 e. The minimum atomic E-state index is -3.75. The number of nitrogens with one attached hydrogen (secondary N) is 1. The van der Waals surface area contributed by atoms with Gasteiger partial charge in [-0.2, -0.15) is 5.26 Å². The summed E-state index contributed by atoms with van der Waals surface area (Å²) in [5.74, 6) is 0. The number of pyridine rings is 1. The lowest BCUT2D eigenvalue weighted by Crippen LogP contribution is -2.13. The van der Waals surface area contributed by atoms with Crippen molar-refractivity contribution in [1.29, 1.82) is 5.26 Å². The van der Waals surface area contributed by atoms with Crippen LogP contribution in [0.2, 0.25) is 0 Å². The van der Waals surface area contributed by atoms with Crippen molar-refractivity contribution in [2.24, 2.45) is 0 Å². The molecule has 1 aromatic heterocycles. The lowest BCUT2D eigenvalue weighted by Gasteiger charge is -2.10. The fraction of sp³-hybridized carbons (Fsp3) is 0. The van der Waals surface area contributed by atoms with E-state index >= 15 is 0 Å². The molecule has 0 amide bonds. The summed E-state index contributed by atoms with van der Waals surface area (Å²) in [7, 11) is -3.75. The highest BCUT2D eigenvalue weighted by atomic mass is 79.9. The molecule has 0 aliphatic carbocycles. The van der Waals surface area contributed by atoms with Crippen LogP contribution >= 0.6 is 31.9 Å². The molecule has 2 aromatic rings. The molecule has 5 nitrogen and oxygen atoms in total. The van der Waals surface area contributed by atoms with Gasteiger partial charge in [-0.05, 0) is 46.3 Å². The first-order valence-corrected chi connectivity index (χ1v) is 8.33. The summed E-state index contributed by atoms with van der Waals surface area (Å²) in [6.45, 7) is 0. The van der Waals surface area contributed by atoms with Gasteiger partial charge in [0.25, 0.3) is 10.0 Å². The quantitative estimate of drug-likeness (QED) is 0.832. The zero-order valence-electron chi connectivity index (χ0n) is 9.84. The molecule has 0 aliphatic heterocycles. The van der Waals surface area contributed by atoms with Crippen LogP contribution in [-0.2, 0) is 10.0 Å². The molecule has 1 N–H and O–H groups in total. The predicted octanol–water partition coefficient (Wildman–Crippen LogP) is 3.28. The Morgan fingerprint density at radius 2 is 1.95 bits per heavy atom. The molecule has 0 saturated heterocycles. The van der Waals surface area contributed by atoms with Gasteiger partial charge in [0.15, 0.2) is 0 Å². The van der Waals surface area contributed by atoms with E-state index in [0.717, 1.165) is 10.7 Å². The molecule has 0 radical (unpaired) electrons. The first kappa shape index (κ1) is 15.0. The normalized spacial score (nSPS) is 10.8. The third-order valence-electron chi connectivity index (χ3n) is 2.33. The van der Waals surface area contributed by atoms with Crippen LogP contribution in [0, 0.1) is 11.3 Å². The Hall–Kier alpha value is -1.43. The van der Waals surface area contributed by atoms with Gasteiger partial charge in [-0.15, -0.1) is 0 Å². The standard InChI is InChI=1S/C12H7Br2N3O2S/c13-8-1-4-11(14)12(5-8)17-20(18,19)10-3-2-9(6-15)16-7-10/h1-5,7,17H. The van der Waals surface area contributed by atoms with Crippen LogP contribution in [-0.4, -0.2) is 13.4 Å². The third-order valence-corrected chi connectivity index (χ3v) is 4.87. The summed E-state index contributed by atoms with van der Waals surface area (Å²) in [6.07, 6.45) is 1.15. The second-order valence-corrected chi connectivity index (χ2v) is 7.17. The van der Waals surface area contributed by atoms with Crippen molar-refractivity contribution in [3.05, 3.63) is 51.2 Å². The zero-order valence-corrected chi connectivity index (χ0v) is 13.8. The average molecular weight is 417 g/mol. The first-order chi connectivity index (χ1) is 9.42. The van der Waals surface area contributed by atoms with Gasteiger partial charge in [0, 0.05) is 15.1 Å². The van der Waals surface area contributed by atoms with Gasteiger partial charge in [-0.1, -0.05) is 15.9 Å². The largest absolute Gasteiger partial charge is 0.278 e. The van der Waals surface area contributed by atoms with Crippen molar-refractivity contribution < 1.29 is 8.42 Å². The molecule has 0 aliphatic rings. The number of sulfonamides is 1. The second-order valence-electron chi connectivity index (χ2n) is 3.72. The van der Waals surface area contributed by atoms with Gasteiger partial charge < -0.3 is 0 Å². The van der Waals surface area contributed by atoms with Crippen molar-refractivity contribution in [1.82, 2.24) is 4.98 Å². The van der Waals surface area contributed by atoms with Gasteiger partial charge >= 0.3 is 0 Å². The van der Waals surface area contributed by atoms with Gasteiger partial charge in [0.05, 0.1) is 5.69 Å². The Balaban J connectivity index is 2.35. The lowest BCUT2D eigenvalue weighted by molar-refractivity contribution is 0.601. The number of benzene rings is 1. The highest BCUT2D eigenvalue weighted by molar-refractivity contribution is 9.11. The fourth-order valence-corrected chi connectivity index (χ4v) is 3.24. The topological polar surface area (TPSA) is 82.8 Å². The van der Waals surface area contributed by atoms with E-state index in [9.17, 15) is 8.42 Å². The number of hydrogen-bond donors (Lipinski definition) is 1. The van der Waals surface area contributed by atoms with Crippen LogP contribution in [0.4, 0.5) is 5.69 Å². The number of nitriles is 1. The van der Waals surface area contributed by atoms with Crippen LogP contribution in [0.5, 0.6) is 0 Å². The molecule has 0 unspecified atom stereocenters. The van der Waals surface area contributed by atoms with E-state index in [1.165, 1.54) is 12.1 Å². The van der Waals surface area contributed by atoms with Gasteiger partial charge in [-0.3, -0.25) is 4.72 Å². The van der Waals surface area contributed by atoms with Crippen LogP contribution in [0.25, 0.3) is 0 Å². The molecular formula is C12H7Br2N3O2S. The number of halogens is 2. The van der Waals surface area contributed by atoms with Crippen molar-refractivity contribution in [3.8, 4) is 6.07 Å². The number of anilines is 1. The SMILES string of the molecule is N#Cc1ccc(S(=O)(=O)Nc2cc(Br)ccc2Br)cn1. The molecule has 0 bridgehead atoms. The molecule has 20 heavy (non-hydrogen) atoms. The van der Waals surface area contributed by atoms with Crippen LogP contribution in [0.3, 0.4) is 0 Å². The van der Waals surface area contributed by atoms with Crippen molar-refractivity contribution >= 4 is 47.6 Å². The van der Waals surface area contributed by atoms with Crippen LogP contribution in [0.15, 0.2) is 50.4 Å². The Bertz CT molecular complexity index is 783. The lowest BCUT2D eigenvalue weighted by atomic mass is 10.3. The minimum Gasteiger partial charge on any atom is -0.278 e. The molecule has 0 fully saturated rings. The molecule has 8 heteroatoms. The summed E-state index contributed by atoms with van der Waals surface area (Å²) < 4.78 is 28.2. The molecule has 0 atom stereocenters. The van der Waals surface area contributed by atoms with Crippen LogP contribution in [0.1, 0.15) is 5.69 Å². The summed E-state index contributed by atoms with van der Waals surface area (Å²) in [4.78, 5) is 3.73. The Kier molecular flexibility index (Phi) is 4.42. The van der Waals surface area contributed by atoms with E-state index in [1.807, 2.05) is 6.07 Å². The third kappa shape index (κ3) is 3.36. The van der Waals surface area contributed by atoms with Gasteiger partial charge in [0.2, 0.25) is 0 Å². The molecule has 0 spiro atoms. The second kappa shape index (κ2) is 5.91. The summed E-state index contributed by atoms with van der Waals surface area (Å²) in [5.41, 5.74) is 0.566. The Labute approximate surface area is 133 Å². The zero-order chi connectivity index (χ0) is 14.8. The van der Waals surface area contributed by atoms with E-state index in [4.69, 9.17) is 5.26 Å².